The second-order valence-electron chi connectivity index (χ2n) is 5.20. The van der Waals surface area contributed by atoms with Gasteiger partial charge in [-0.2, -0.15) is 0 Å². The highest BCUT2D eigenvalue weighted by Crippen LogP contribution is 2.15. The molecule has 0 bridgehead atoms. The average molecular weight is 271 g/mol. The summed E-state index contributed by atoms with van der Waals surface area (Å²) < 4.78 is 26.3. The molecule has 1 amide bonds. The molecule has 0 heterocycles. The molecule has 0 aliphatic carbocycles. The number of halogens is 2. The number of aliphatic hydroxyl groups is 1. The molecule has 0 aromatic heterocycles. The highest BCUT2D eigenvalue weighted by molar-refractivity contribution is 5.78. The Kier molecular flexibility index (Phi) is 5.00. The fourth-order valence-electron chi connectivity index (χ4n) is 1.40. The van der Waals surface area contributed by atoms with E-state index in [1.165, 1.54) is 0 Å². The summed E-state index contributed by atoms with van der Waals surface area (Å²) in [5.74, 6) is -1.69. The molecule has 0 fully saturated rings. The maximum atomic E-state index is 13.3. The van der Waals surface area contributed by atoms with Gasteiger partial charge >= 0.3 is 0 Å². The first-order chi connectivity index (χ1) is 8.72. The van der Waals surface area contributed by atoms with Crippen molar-refractivity contribution in [3.63, 3.8) is 0 Å². The molecule has 1 rings (SSSR count). The minimum atomic E-state index is -1.03. The highest BCUT2D eigenvalue weighted by Gasteiger charge is 2.25. The third-order valence-corrected chi connectivity index (χ3v) is 3.25. The van der Waals surface area contributed by atoms with E-state index < -0.39 is 23.1 Å². The van der Waals surface area contributed by atoms with Crippen LogP contribution in [-0.2, 0) is 11.2 Å². The van der Waals surface area contributed by atoms with Crippen LogP contribution in [0.2, 0.25) is 0 Å². The molecule has 0 aliphatic rings. The summed E-state index contributed by atoms with van der Waals surface area (Å²) in [7, 11) is 0. The first-order valence-corrected chi connectivity index (χ1v) is 6.15. The van der Waals surface area contributed by atoms with Crippen molar-refractivity contribution in [2.45, 2.75) is 32.8 Å². The van der Waals surface area contributed by atoms with Gasteiger partial charge in [-0.15, -0.1) is 0 Å². The topological polar surface area (TPSA) is 49.3 Å². The van der Waals surface area contributed by atoms with Crippen LogP contribution in [0.1, 0.15) is 26.3 Å². The minimum Gasteiger partial charge on any atom is -0.388 e. The standard InChI is InChI=1S/C14H19F2NO2/c1-9(2)14(3,19)8-17-13(18)7-10-6-11(15)4-5-12(10)16/h4-6,9,19H,7-8H2,1-3H3,(H,17,18). The Bertz CT molecular complexity index is 459. The normalized spacial score (nSPS) is 14.3. The van der Waals surface area contributed by atoms with E-state index in [-0.39, 0.29) is 24.4 Å². The first-order valence-electron chi connectivity index (χ1n) is 6.15. The van der Waals surface area contributed by atoms with Crippen molar-refractivity contribution in [1.82, 2.24) is 5.32 Å². The lowest BCUT2D eigenvalue weighted by atomic mass is 9.92. The van der Waals surface area contributed by atoms with Gasteiger partial charge in [0.25, 0.3) is 0 Å². The molecular formula is C14H19F2NO2. The van der Waals surface area contributed by atoms with E-state index in [0.717, 1.165) is 18.2 Å². The van der Waals surface area contributed by atoms with Crippen molar-refractivity contribution >= 4 is 5.91 Å². The Balaban J connectivity index is 2.59. The van der Waals surface area contributed by atoms with Crippen molar-refractivity contribution in [3.05, 3.63) is 35.4 Å². The van der Waals surface area contributed by atoms with Crippen LogP contribution in [0.15, 0.2) is 18.2 Å². The Labute approximate surface area is 111 Å². The molecule has 106 valence electrons. The van der Waals surface area contributed by atoms with Crippen LogP contribution in [0.4, 0.5) is 8.78 Å². The van der Waals surface area contributed by atoms with Gasteiger partial charge in [-0.1, -0.05) is 13.8 Å². The van der Waals surface area contributed by atoms with Crippen molar-refractivity contribution in [1.29, 1.82) is 0 Å². The molecule has 1 atom stereocenters. The SMILES string of the molecule is CC(C)C(C)(O)CNC(=O)Cc1cc(F)ccc1F. The third kappa shape index (κ3) is 4.59. The van der Waals surface area contributed by atoms with Gasteiger partial charge < -0.3 is 10.4 Å². The number of hydrogen-bond acceptors (Lipinski definition) is 2. The minimum absolute atomic E-state index is 0.00156. The Morgan fingerprint density at radius 2 is 2.05 bits per heavy atom. The quantitative estimate of drug-likeness (QED) is 0.861. The molecular weight excluding hydrogens is 252 g/mol. The molecule has 0 saturated heterocycles. The maximum absolute atomic E-state index is 13.3. The van der Waals surface area contributed by atoms with E-state index >= 15 is 0 Å². The molecule has 3 nitrogen and oxygen atoms in total. The molecule has 0 aliphatic heterocycles. The van der Waals surface area contributed by atoms with E-state index in [2.05, 4.69) is 5.32 Å². The number of carbonyl (C=O) groups is 1. The lowest BCUT2D eigenvalue weighted by molar-refractivity contribution is -0.122. The van der Waals surface area contributed by atoms with Crippen molar-refractivity contribution < 1.29 is 18.7 Å². The second kappa shape index (κ2) is 6.10. The summed E-state index contributed by atoms with van der Waals surface area (Å²) in [5, 5.41) is 12.5. The van der Waals surface area contributed by atoms with Crippen molar-refractivity contribution in [2.75, 3.05) is 6.54 Å². The van der Waals surface area contributed by atoms with E-state index in [0.29, 0.717) is 0 Å². The van der Waals surface area contributed by atoms with Crippen molar-refractivity contribution in [3.8, 4) is 0 Å². The van der Waals surface area contributed by atoms with Gasteiger partial charge in [0, 0.05) is 12.1 Å². The zero-order valence-electron chi connectivity index (χ0n) is 11.3. The molecule has 1 aromatic rings. The third-order valence-electron chi connectivity index (χ3n) is 3.25. The van der Waals surface area contributed by atoms with Crippen LogP contribution in [0.25, 0.3) is 0 Å². The summed E-state index contributed by atoms with van der Waals surface area (Å²) in [6.07, 6.45) is -0.252. The molecule has 1 aromatic carbocycles. The largest absolute Gasteiger partial charge is 0.388 e. The van der Waals surface area contributed by atoms with Gasteiger partial charge in [-0.05, 0) is 31.0 Å². The molecule has 0 radical (unpaired) electrons. The van der Waals surface area contributed by atoms with Crippen LogP contribution in [0, 0.1) is 17.6 Å². The van der Waals surface area contributed by atoms with Gasteiger partial charge in [0.05, 0.1) is 12.0 Å². The van der Waals surface area contributed by atoms with Crippen LogP contribution in [-0.4, -0.2) is 23.2 Å². The number of rotatable bonds is 5. The molecule has 0 spiro atoms. The van der Waals surface area contributed by atoms with Crippen LogP contribution >= 0.6 is 0 Å². The molecule has 0 saturated carbocycles. The van der Waals surface area contributed by atoms with Crippen molar-refractivity contribution in [2.24, 2.45) is 5.92 Å². The molecule has 5 heteroatoms. The highest BCUT2D eigenvalue weighted by atomic mass is 19.1. The maximum Gasteiger partial charge on any atom is 0.224 e. The molecule has 2 N–H and O–H groups in total. The number of benzene rings is 1. The number of nitrogens with one attached hydrogen (secondary N) is 1. The lowest BCUT2D eigenvalue weighted by Crippen LogP contribution is -2.44. The summed E-state index contributed by atoms with van der Waals surface area (Å²) >= 11 is 0. The van der Waals surface area contributed by atoms with Gasteiger partial charge in [-0.3, -0.25) is 4.79 Å². The first kappa shape index (κ1) is 15.6. The van der Waals surface area contributed by atoms with Crippen LogP contribution in [0.5, 0.6) is 0 Å². The van der Waals surface area contributed by atoms with E-state index in [4.69, 9.17) is 0 Å². The van der Waals surface area contributed by atoms with Crippen LogP contribution < -0.4 is 5.32 Å². The van der Waals surface area contributed by atoms with Gasteiger partial charge in [-0.25, -0.2) is 8.78 Å². The fourth-order valence-corrected chi connectivity index (χ4v) is 1.40. The second-order valence-corrected chi connectivity index (χ2v) is 5.20. The summed E-state index contributed by atoms with van der Waals surface area (Å²) in [4.78, 5) is 11.6. The van der Waals surface area contributed by atoms with E-state index in [1.54, 1.807) is 6.92 Å². The number of carbonyl (C=O) groups excluding carboxylic acids is 1. The number of amides is 1. The summed E-state index contributed by atoms with van der Waals surface area (Å²) in [6, 6.07) is 2.98. The smallest absolute Gasteiger partial charge is 0.224 e. The zero-order chi connectivity index (χ0) is 14.6. The fraction of sp³-hybridized carbons (Fsp3) is 0.500. The van der Waals surface area contributed by atoms with Gasteiger partial charge in [0.2, 0.25) is 5.91 Å². The van der Waals surface area contributed by atoms with E-state index in [1.807, 2.05) is 13.8 Å². The Morgan fingerprint density at radius 1 is 1.42 bits per heavy atom. The predicted octanol–water partition coefficient (Wildman–Crippen LogP) is 2.03. The van der Waals surface area contributed by atoms with Gasteiger partial charge in [0.1, 0.15) is 11.6 Å². The van der Waals surface area contributed by atoms with Gasteiger partial charge in [0.15, 0.2) is 0 Å². The Morgan fingerprint density at radius 3 is 2.63 bits per heavy atom. The lowest BCUT2D eigenvalue weighted by Gasteiger charge is -2.27. The summed E-state index contributed by atoms with van der Waals surface area (Å²) in [5.41, 5.74) is -1.03. The monoisotopic (exact) mass is 271 g/mol. The van der Waals surface area contributed by atoms with E-state index in [9.17, 15) is 18.7 Å². The average Bonchev–Trinajstić information content (AvgIpc) is 2.31. The number of hydrogen-bond donors (Lipinski definition) is 2. The summed E-state index contributed by atoms with van der Waals surface area (Å²) in [6.45, 7) is 5.35. The zero-order valence-corrected chi connectivity index (χ0v) is 11.3. The molecule has 19 heavy (non-hydrogen) atoms. The Hall–Kier alpha value is -1.49. The van der Waals surface area contributed by atoms with Crippen LogP contribution in [0.3, 0.4) is 0 Å². The molecule has 1 unspecified atom stereocenters. The predicted molar refractivity (Wildman–Crippen MR) is 68.5 cm³/mol.